The van der Waals surface area contributed by atoms with Crippen LogP contribution in [0.3, 0.4) is 0 Å². The van der Waals surface area contributed by atoms with Crippen LogP contribution in [0.25, 0.3) is 0 Å². The predicted molar refractivity (Wildman–Crippen MR) is 83.4 cm³/mol. The summed E-state index contributed by atoms with van der Waals surface area (Å²) in [6.07, 6.45) is -2.25. The highest BCUT2D eigenvalue weighted by Gasteiger charge is 2.28. The van der Waals surface area contributed by atoms with Crippen molar-refractivity contribution in [3.8, 4) is 0 Å². The number of carbonyl (C=O) groups excluding carboxylic acids is 2. The third kappa shape index (κ3) is 5.64. The first kappa shape index (κ1) is 18.4. The van der Waals surface area contributed by atoms with Crippen molar-refractivity contribution in [2.75, 3.05) is 0 Å². The standard InChI is InChI=1S/C13H17BrN2O5S/c1-8(2)6-11(21-13(15)18)12(17)16-22(19,20)10-5-3-4-9(14)7-10/h3-5,7-8,11H,6H2,1-2H3,(H2,15,18)(H,16,17). The van der Waals surface area contributed by atoms with Gasteiger partial charge in [0.05, 0.1) is 4.90 Å². The zero-order valence-corrected chi connectivity index (χ0v) is 14.5. The van der Waals surface area contributed by atoms with E-state index in [4.69, 9.17) is 5.73 Å². The Morgan fingerprint density at radius 3 is 2.50 bits per heavy atom. The van der Waals surface area contributed by atoms with E-state index in [0.717, 1.165) is 0 Å². The Kier molecular flexibility index (Phi) is 6.36. The number of halogens is 1. The molecular weight excluding hydrogens is 376 g/mol. The number of benzene rings is 1. The summed E-state index contributed by atoms with van der Waals surface area (Å²) in [6, 6.07) is 5.86. The Bertz CT molecular complexity index is 660. The molecule has 0 spiro atoms. The van der Waals surface area contributed by atoms with E-state index >= 15 is 0 Å². The van der Waals surface area contributed by atoms with Gasteiger partial charge in [0.1, 0.15) is 0 Å². The van der Waals surface area contributed by atoms with Gasteiger partial charge >= 0.3 is 6.09 Å². The van der Waals surface area contributed by atoms with Gasteiger partial charge in [-0.1, -0.05) is 35.8 Å². The quantitative estimate of drug-likeness (QED) is 0.764. The highest BCUT2D eigenvalue weighted by atomic mass is 79.9. The van der Waals surface area contributed by atoms with Crippen LogP contribution < -0.4 is 10.5 Å². The molecule has 1 aromatic carbocycles. The number of hydrogen-bond acceptors (Lipinski definition) is 5. The molecule has 9 heteroatoms. The lowest BCUT2D eigenvalue weighted by atomic mass is 10.1. The minimum Gasteiger partial charge on any atom is -0.436 e. The molecule has 3 N–H and O–H groups in total. The van der Waals surface area contributed by atoms with Crippen molar-refractivity contribution in [1.82, 2.24) is 4.72 Å². The highest BCUT2D eigenvalue weighted by Crippen LogP contribution is 2.16. The molecule has 1 aromatic rings. The zero-order chi connectivity index (χ0) is 16.9. The Labute approximate surface area is 137 Å². The molecule has 1 rings (SSSR count). The Morgan fingerprint density at radius 1 is 1.36 bits per heavy atom. The third-order valence-corrected chi connectivity index (χ3v) is 4.42. The maximum atomic E-state index is 12.1. The SMILES string of the molecule is CC(C)CC(OC(N)=O)C(=O)NS(=O)(=O)c1cccc(Br)c1. The second-order valence-corrected chi connectivity index (χ2v) is 7.58. The third-order valence-electron chi connectivity index (χ3n) is 2.58. The fraction of sp³-hybridized carbons (Fsp3) is 0.385. The van der Waals surface area contributed by atoms with Crippen LogP contribution in [-0.2, 0) is 19.6 Å². The van der Waals surface area contributed by atoms with Crippen LogP contribution in [0, 0.1) is 5.92 Å². The maximum absolute atomic E-state index is 12.1. The number of primary amides is 1. The Morgan fingerprint density at radius 2 is 2.00 bits per heavy atom. The van der Waals surface area contributed by atoms with Crippen molar-refractivity contribution in [2.45, 2.75) is 31.3 Å². The molecule has 0 saturated carbocycles. The molecule has 0 aromatic heterocycles. The van der Waals surface area contributed by atoms with Crippen molar-refractivity contribution >= 4 is 38.0 Å². The summed E-state index contributed by atoms with van der Waals surface area (Å²) < 4.78 is 31.4. The zero-order valence-electron chi connectivity index (χ0n) is 12.1. The van der Waals surface area contributed by atoms with Crippen molar-refractivity contribution < 1.29 is 22.7 Å². The van der Waals surface area contributed by atoms with E-state index in [0.29, 0.717) is 4.47 Å². The lowest BCUT2D eigenvalue weighted by molar-refractivity contribution is -0.128. The van der Waals surface area contributed by atoms with Crippen molar-refractivity contribution in [1.29, 1.82) is 0 Å². The fourth-order valence-electron chi connectivity index (χ4n) is 1.67. The summed E-state index contributed by atoms with van der Waals surface area (Å²) in [5, 5.41) is 0. The number of rotatable bonds is 6. The molecule has 2 amide bonds. The van der Waals surface area contributed by atoms with Crippen LogP contribution >= 0.6 is 15.9 Å². The molecule has 0 heterocycles. The molecule has 0 aliphatic carbocycles. The maximum Gasteiger partial charge on any atom is 0.405 e. The van der Waals surface area contributed by atoms with Gasteiger partial charge in [-0.25, -0.2) is 17.9 Å². The van der Waals surface area contributed by atoms with E-state index in [1.54, 1.807) is 19.9 Å². The van der Waals surface area contributed by atoms with Gasteiger partial charge in [-0.05, 0) is 30.5 Å². The summed E-state index contributed by atoms with van der Waals surface area (Å²) in [7, 11) is -4.06. The lowest BCUT2D eigenvalue weighted by Gasteiger charge is -2.18. The first-order valence-corrected chi connectivity index (χ1v) is 8.67. The molecule has 1 unspecified atom stereocenters. The summed E-state index contributed by atoms with van der Waals surface area (Å²) in [6.45, 7) is 3.60. The minimum absolute atomic E-state index is 0.00340. The fourth-order valence-corrected chi connectivity index (χ4v) is 3.27. The number of ether oxygens (including phenoxy) is 1. The van der Waals surface area contributed by atoms with Crippen LogP contribution in [0.5, 0.6) is 0 Å². The number of nitrogens with two attached hydrogens (primary N) is 1. The molecule has 22 heavy (non-hydrogen) atoms. The van der Waals surface area contributed by atoms with Crippen LogP contribution in [0.15, 0.2) is 33.6 Å². The molecule has 0 bridgehead atoms. The summed E-state index contributed by atoms with van der Waals surface area (Å²) >= 11 is 3.15. The molecule has 0 aliphatic heterocycles. The van der Waals surface area contributed by atoms with Crippen LogP contribution in [0.2, 0.25) is 0 Å². The monoisotopic (exact) mass is 392 g/mol. The average molecular weight is 393 g/mol. The number of nitrogens with one attached hydrogen (secondary N) is 1. The first-order chi connectivity index (χ1) is 10.1. The topological polar surface area (TPSA) is 116 Å². The van der Waals surface area contributed by atoms with E-state index in [1.807, 2.05) is 4.72 Å². The Balaban J connectivity index is 2.94. The van der Waals surface area contributed by atoms with E-state index in [1.165, 1.54) is 18.2 Å². The van der Waals surface area contributed by atoms with Gasteiger partial charge in [-0.3, -0.25) is 4.79 Å². The molecule has 0 saturated heterocycles. The van der Waals surface area contributed by atoms with E-state index < -0.39 is 28.1 Å². The molecule has 1 atom stereocenters. The summed E-state index contributed by atoms with van der Waals surface area (Å²) in [4.78, 5) is 22.8. The molecule has 122 valence electrons. The Hall–Kier alpha value is -1.61. The molecule has 0 radical (unpaired) electrons. The number of amides is 2. The molecule has 0 aliphatic rings. The number of carbonyl (C=O) groups is 2. The van der Waals surface area contributed by atoms with Gasteiger partial charge in [-0.2, -0.15) is 0 Å². The predicted octanol–water partition coefficient (Wildman–Crippen LogP) is 1.76. The van der Waals surface area contributed by atoms with Gasteiger partial charge in [0.25, 0.3) is 15.9 Å². The smallest absolute Gasteiger partial charge is 0.405 e. The second-order valence-electron chi connectivity index (χ2n) is 4.98. The molecule has 7 nitrogen and oxygen atoms in total. The van der Waals surface area contributed by atoms with Gasteiger partial charge in [0.2, 0.25) is 0 Å². The van der Waals surface area contributed by atoms with Crippen molar-refractivity contribution in [3.63, 3.8) is 0 Å². The normalized spacial score (nSPS) is 12.7. The van der Waals surface area contributed by atoms with Crippen LogP contribution in [-0.4, -0.2) is 26.5 Å². The largest absolute Gasteiger partial charge is 0.436 e. The summed E-state index contributed by atoms with van der Waals surface area (Å²) in [5.41, 5.74) is 4.90. The van der Waals surface area contributed by atoms with Gasteiger partial charge < -0.3 is 10.5 Å². The number of hydrogen-bond donors (Lipinski definition) is 2. The molecule has 0 fully saturated rings. The van der Waals surface area contributed by atoms with Crippen molar-refractivity contribution in [2.24, 2.45) is 11.7 Å². The van der Waals surface area contributed by atoms with Crippen molar-refractivity contribution in [3.05, 3.63) is 28.7 Å². The van der Waals surface area contributed by atoms with E-state index in [-0.39, 0.29) is 17.2 Å². The summed E-state index contributed by atoms with van der Waals surface area (Å²) in [5.74, 6) is -0.934. The minimum atomic E-state index is -4.06. The van der Waals surface area contributed by atoms with Crippen LogP contribution in [0.4, 0.5) is 4.79 Å². The van der Waals surface area contributed by atoms with E-state index in [9.17, 15) is 18.0 Å². The van der Waals surface area contributed by atoms with E-state index in [2.05, 4.69) is 20.7 Å². The van der Waals surface area contributed by atoms with Gasteiger partial charge in [0, 0.05) is 4.47 Å². The molecular formula is C13H17BrN2O5S. The van der Waals surface area contributed by atoms with Gasteiger partial charge in [0.15, 0.2) is 6.10 Å². The first-order valence-electron chi connectivity index (χ1n) is 6.40. The average Bonchev–Trinajstić information content (AvgIpc) is 2.36. The van der Waals surface area contributed by atoms with Crippen LogP contribution in [0.1, 0.15) is 20.3 Å². The second kappa shape index (κ2) is 7.59. The van der Waals surface area contributed by atoms with Gasteiger partial charge in [-0.15, -0.1) is 0 Å². The number of sulfonamides is 1. The highest BCUT2D eigenvalue weighted by molar-refractivity contribution is 9.10. The lowest BCUT2D eigenvalue weighted by Crippen LogP contribution is -2.42.